The van der Waals surface area contributed by atoms with Gasteiger partial charge in [-0.3, -0.25) is 9.59 Å². The van der Waals surface area contributed by atoms with Crippen molar-refractivity contribution in [1.29, 1.82) is 0 Å². The van der Waals surface area contributed by atoms with Crippen molar-refractivity contribution < 1.29 is 14.7 Å². The molecule has 2 amide bonds. The van der Waals surface area contributed by atoms with Crippen molar-refractivity contribution in [3.8, 4) is 0 Å². The zero-order chi connectivity index (χ0) is 17.2. The van der Waals surface area contributed by atoms with Gasteiger partial charge in [-0.2, -0.15) is 0 Å². The second-order valence-electron chi connectivity index (χ2n) is 7.50. The molecule has 0 saturated carbocycles. The first kappa shape index (κ1) is 17.5. The molecule has 5 heteroatoms. The fourth-order valence-electron chi connectivity index (χ4n) is 2.90. The first-order chi connectivity index (χ1) is 10.7. The molecule has 1 atom stereocenters. The number of β-amino-alcohol motifs (C(OH)–C–C–N with tert-alkyl or cyclic N) is 1. The Morgan fingerprint density at radius 3 is 2.52 bits per heavy atom. The van der Waals surface area contributed by atoms with Gasteiger partial charge in [-0.15, -0.1) is 0 Å². The summed E-state index contributed by atoms with van der Waals surface area (Å²) in [6, 6.07) is 6.83. The first-order valence-electron chi connectivity index (χ1n) is 8.00. The zero-order valence-electron chi connectivity index (χ0n) is 14.4. The SMILES string of the molecule is CN(CC(C)(C)C)C(=O)c1cccc(C(=O)N2CC[C@@H](O)C2)c1. The summed E-state index contributed by atoms with van der Waals surface area (Å²) in [5.74, 6) is -0.217. The number of rotatable bonds is 3. The van der Waals surface area contributed by atoms with Crippen molar-refractivity contribution in [3.63, 3.8) is 0 Å². The molecular weight excluding hydrogens is 292 g/mol. The lowest BCUT2D eigenvalue weighted by Gasteiger charge is -2.26. The van der Waals surface area contributed by atoms with Gasteiger partial charge in [-0.25, -0.2) is 0 Å². The number of hydrogen-bond donors (Lipinski definition) is 1. The molecule has 1 heterocycles. The monoisotopic (exact) mass is 318 g/mol. The Labute approximate surface area is 137 Å². The van der Waals surface area contributed by atoms with E-state index in [1.807, 2.05) is 0 Å². The molecule has 5 nitrogen and oxygen atoms in total. The summed E-state index contributed by atoms with van der Waals surface area (Å²) in [6.45, 7) is 7.80. The van der Waals surface area contributed by atoms with E-state index in [4.69, 9.17) is 0 Å². The van der Waals surface area contributed by atoms with Crippen LogP contribution in [0.3, 0.4) is 0 Å². The molecule has 1 fully saturated rings. The van der Waals surface area contributed by atoms with Crippen molar-refractivity contribution in [2.45, 2.75) is 33.3 Å². The van der Waals surface area contributed by atoms with Gasteiger partial charge < -0.3 is 14.9 Å². The Bertz CT molecular complexity index is 592. The summed E-state index contributed by atoms with van der Waals surface area (Å²) in [7, 11) is 1.78. The van der Waals surface area contributed by atoms with Crippen LogP contribution in [-0.4, -0.2) is 59.5 Å². The number of carbonyl (C=O) groups excluding carboxylic acids is 2. The predicted molar refractivity (Wildman–Crippen MR) is 89.4 cm³/mol. The van der Waals surface area contributed by atoms with E-state index < -0.39 is 6.10 Å². The van der Waals surface area contributed by atoms with Crippen molar-refractivity contribution in [2.75, 3.05) is 26.7 Å². The van der Waals surface area contributed by atoms with Gasteiger partial charge in [0.05, 0.1) is 6.10 Å². The van der Waals surface area contributed by atoms with E-state index >= 15 is 0 Å². The lowest BCUT2D eigenvalue weighted by molar-refractivity contribution is 0.0745. The first-order valence-corrected chi connectivity index (χ1v) is 8.00. The van der Waals surface area contributed by atoms with Gasteiger partial charge in [0.2, 0.25) is 0 Å². The molecular formula is C18H26N2O3. The highest BCUT2D eigenvalue weighted by atomic mass is 16.3. The Hall–Kier alpha value is -1.88. The van der Waals surface area contributed by atoms with E-state index in [2.05, 4.69) is 20.8 Å². The van der Waals surface area contributed by atoms with Crippen LogP contribution in [0.1, 0.15) is 47.9 Å². The molecule has 1 saturated heterocycles. The highest BCUT2D eigenvalue weighted by Gasteiger charge is 2.26. The summed E-state index contributed by atoms with van der Waals surface area (Å²) >= 11 is 0. The molecule has 0 bridgehead atoms. The number of aliphatic hydroxyl groups is 1. The Balaban J connectivity index is 2.13. The molecule has 1 aromatic rings. The van der Waals surface area contributed by atoms with E-state index in [0.717, 1.165) is 0 Å². The van der Waals surface area contributed by atoms with E-state index in [0.29, 0.717) is 37.2 Å². The minimum Gasteiger partial charge on any atom is -0.391 e. The van der Waals surface area contributed by atoms with Crippen LogP contribution in [0.5, 0.6) is 0 Å². The third kappa shape index (κ3) is 4.55. The maximum absolute atomic E-state index is 12.5. The van der Waals surface area contributed by atoms with Crippen molar-refractivity contribution in [3.05, 3.63) is 35.4 Å². The maximum Gasteiger partial charge on any atom is 0.253 e. The average Bonchev–Trinajstić information content (AvgIpc) is 2.90. The lowest BCUT2D eigenvalue weighted by atomic mass is 9.96. The van der Waals surface area contributed by atoms with Gasteiger partial charge in [-0.1, -0.05) is 26.8 Å². The van der Waals surface area contributed by atoms with E-state index in [1.54, 1.807) is 41.1 Å². The highest BCUT2D eigenvalue weighted by Crippen LogP contribution is 2.18. The molecule has 1 aliphatic rings. The van der Waals surface area contributed by atoms with Crippen LogP contribution < -0.4 is 0 Å². The zero-order valence-corrected chi connectivity index (χ0v) is 14.4. The van der Waals surface area contributed by atoms with Gasteiger partial charge in [0, 0.05) is 37.8 Å². The molecule has 126 valence electrons. The summed E-state index contributed by atoms with van der Waals surface area (Å²) in [5.41, 5.74) is 1.03. The summed E-state index contributed by atoms with van der Waals surface area (Å²) in [4.78, 5) is 28.3. The Morgan fingerprint density at radius 2 is 1.96 bits per heavy atom. The van der Waals surface area contributed by atoms with Crippen LogP contribution in [0.2, 0.25) is 0 Å². The largest absolute Gasteiger partial charge is 0.391 e. The number of nitrogens with zero attached hydrogens (tertiary/aromatic N) is 2. The van der Waals surface area contributed by atoms with Crippen LogP contribution >= 0.6 is 0 Å². The minimum atomic E-state index is -0.443. The number of benzene rings is 1. The van der Waals surface area contributed by atoms with Crippen molar-refractivity contribution >= 4 is 11.8 Å². The number of hydrogen-bond acceptors (Lipinski definition) is 3. The Kier molecular flexibility index (Phi) is 5.09. The normalized spacial score (nSPS) is 18.1. The fraction of sp³-hybridized carbons (Fsp3) is 0.556. The quantitative estimate of drug-likeness (QED) is 0.927. The van der Waals surface area contributed by atoms with Crippen LogP contribution in [-0.2, 0) is 0 Å². The van der Waals surface area contributed by atoms with Gasteiger partial charge in [0.15, 0.2) is 0 Å². The maximum atomic E-state index is 12.5. The third-order valence-corrected chi connectivity index (χ3v) is 3.87. The second-order valence-corrected chi connectivity index (χ2v) is 7.50. The molecule has 0 spiro atoms. The second kappa shape index (κ2) is 6.71. The standard InChI is InChI=1S/C18H26N2O3/c1-18(2,3)12-19(4)16(22)13-6-5-7-14(10-13)17(23)20-9-8-15(21)11-20/h5-7,10,15,21H,8-9,11-12H2,1-4H3/t15-/m1/s1. The average molecular weight is 318 g/mol. The summed E-state index contributed by atoms with van der Waals surface area (Å²) in [5, 5.41) is 9.56. The van der Waals surface area contributed by atoms with Crippen molar-refractivity contribution in [2.24, 2.45) is 5.41 Å². The third-order valence-electron chi connectivity index (χ3n) is 3.87. The van der Waals surface area contributed by atoms with E-state index in [9.17, 15) is 14.7 Å². The summed E-state index contributed by atoms with van der Waals surface area (Å²) in [6.07, 6.45) is 0.167. The number of likely N-dealkylation sites (tertiary alicyclic amines) is 1. The molecule has 1 N–H and O–H groups in total. The number of carbonyl (C=O) groups is 2. The molecule has 0 aliphatic carbocycles. The van der Waals surface area contributed by atoms with Gasteiger partial charge in [-0.05, 0) is 30.0 Å². The van der Waals surface area contributed by atoms with E-state index in [-0.39, 0.29) is 17.2 Å². The molecule has 0 radical (unpaired) electrons. The molecule has 23 heavy (non-hydrogen) atoms. The van der Waals surface area contributed by atoms with Gasteiger partial charge in [0.1, 0.15) is 0 Å². The van der Waals surface area contributed by atoms with Gasteiger partial charge in [0.25, 0.3) is 11.8 Å². The lowest BCUT2D eigenvalue weighted by Crippen LogP contribution is -2.34. The predicted octanol–water partition coefficient (Wildman–Crippen LogP) is 2.01. The van der Waals surface area contributed by atoms with Gasteiger partial charge >= 0.3 is 0 Å². The number of aliphatic hydroxyl groups excluding tert-OH is 1. The van der Waals surface area contributed by atoms with Crippen LogP contribution in [0.15, 0.2) is 24.3 Å². The minimum absolute atomic E-state index is 0.0174. The summed E-state index contributed by atoms with van der Waals surface area (Å²) < 4.78 is 0. The van der Waals surface area contributed by atoms with Crippen LogP contribution in [0.25, 0.3) is 0 Å². The molecule has 1 aromatic carbocycles. The van der Waals surface area contributed by atoms with Crippen molar-refractivity contribution in [1.82, 2.24) is 9.80 Å². The number of amides is 2. The van der Waals surface area contributed by atoms with E-state index in [1.165, 1.54) is 0 Å². The molecule has 1 aliphatic heterocycles. The van der Waals surface area contributed by atoms with Crippen LogP contribution in [0, 0.1) is 5.41 Å². The smallest absolute Gasteiger partial charge is 0.253 e. The topological polar surface area (TPSA) is 60.9 Å². The highest BCUT2D eigenvalue weighted by molar-refractivity contribution is 5.99. The van der Waals surface area contributed by atoms with Crippen LogP contribution in [0.4, 0.5) is 0 Å². The fourth-order valence-corrected chi connectivity index (χ4v) is 2.90. The molecule has 0 aromatic heterocycles. The molecule has 2 rings (SSSR count). The molecule has 0 unspecified atom stereocenters. The Morgan fingerprint density at radius 1 is 1.30 bits per heavy atom.